The molecular formula is C21H23N3O5S2. The lowest BCUT2D eigenvalue weighted by molar-refractivity contribution is -0.115. The maximum absolute atomic E-state index is 12.8. The molecule has 2 aromatic heterocycles. The molecule has 0 radical (unpaired) electrons. The number of hydrogen-bond acceptors (Lipinski definition) is 7. The summed E-state index contributed by atoms with van der Waals surface area (Å²) in [7, 11) is -2.30. The molecule has 1 amide bonds. The first kappa shape index (κ1) is 22.6. The molecule has 0 saturated carbocycles. The second-order valence-corrected chi connectivity index (χ2v) is 9.73. The molecule has 0 aliphatic carbocycles. The van der Waals surface area contributed by atoms with Gasteiger partial charge < -0.3 is 14.6 Å². The van der Waals surface area contributed by atoms with E-state index in [2.05, 4.69) is 15.2 Å². The largest absolute Gasteiger partial charge is 0.495 e. The third-order valence-corrected chi connectivity index (χ3v) is 7.25. The topological polar surface area (TPSA) is 111 Å². The number of methoxy groups -OCH3 is 1. The Labute approximate surface area is 185 Å². The molecule has 0 aliphatic rings. The summed E-state index contributed by atoms with van der Waals surface area (Å²) in [6, 6.07) is 8.48. The number of ether oxygens (including phenoxy) is 1. The Bertz CT molecular complexity index is 1230. The molecule has 1 aromatic carbocycles. The van der Waals surface area contributed by atoms with Crippen molar-refractivity contribution in [2.24, 2.45) is 0 Å². The Kier molecular flexibility index (Phi) is 6.81. The van der Waals surface area contributed by atoms with Gasteiger partial charge in [0.2, 0.25) is 5.91 Å². The fourth-order valence-corrected chi connectivity index (χ4v) is 4.99. The summed E-state index contributed by atoms with van der Waals surface area (Å²) < 4.78 is 38.9. The number of aromatic nitrogens is 1. The van der Waals surface area contributed by atoms with Gasteiger partial charge in [0.05, 0.1) is 12.8 Å². The normalized spacial score (nSPS) is 11.6. The highest BCUT2D eigenvalue weighted by Gasteiger charge is 2.19. The van der Waals surface area contributed by atoms with Crippen LogP contribution >= 0.6 is 11.3 Å². The van der Waals surface area contributed by atoms with Gasteiger partial charge in [0.1, 0.15) is 21.3 Å². The number of aryl methyl sites for hydroxylation is 2. The van der Waals surface area contributed by atoms with Crippen LogP contribution in [-0.4, -0.2) is 26.6 Å². The maximum Gasteiger partial charge on any atom is 0.271 e. The summed E-state index contributed by atoms with van der Waals surface area (Å²) in [5, 5.41) is 6.63. The van der Waals surface area contributed by atoms with Crippen LogP contribution in [0.2, 0.25) is 0 Å². The highest BCUT2D eigenvalue weighted by Crippen LogP contribution is 2.31. The number of nitrogens with one attached hydrogen (secondary N) is 2. The van der Waals surface area contributed by atoms with E-state index in [1.54, 1.807) is 44.2 Å². The first-order valence-electron chi connectivity index (χ1n) is 9.45. The summed E-state index contributed by atoms with van der Waals surface area (Å²) in [5.41, 5.74) is 2.34. The number of sulfonamides is 1. The van der Waals surface area contributed by atoms with Crippen molar-refractivity contribution in [3.8, 4) is 5.75 Å². The van der Waals surface area contributed by atoms with Gasteiger partial charge >= 0.3 is 0 Å². The van der Waals surface area contributed by atoms with Crippen molar-refractivity contribution in [3.63, 3.8) is 0 Å². The van der Waals surface area contributed by atoms with Crippen molar-refractivity contribution in [2.45, 2.75) is 31.4 Å². The summed E-state index contributed by atoms with van der Waals surface area (Å²) in [4.78, 5) is 12.4. The predicted molar refractivity (Wildman–Crippen MR) is 122 cm³/mol. The molecule has 164 valence electrons. The van der Waals surface area contributed by atoms with Gasteiger partial charge in [0, 0.05) is 11.3 Å². The zero-order valence-corrected chi connectivity index (χ0v) is 19.2. The molecule has 0 unspecified atom stereocenters. The van der Waals surface area contributed by atoms with Gasteiger partial charge in [0.25, 0.3) is 10.0 Å². The number of nitrogens with zero attached hydrogens (tertiary/aromatic N) is 1. The van der Waals surface area contributed by atoms with E-state index in [1.165, 1.54) is 13.2 Å². The van der Waals surface area contributed by atoms with Crippen LogP contribution in [0.5, 0.6) is 5.75 Å². The minimum absolute atomic E-state index is 0.150. The van der Waals surface area contributed by atoms with Crippen LogP contribution in [-0.2, 0) is 14.8 Å². The van der Waals surface area contributed by atoms with Gasteiger partial charge in [-0.15, -0.1) is 11.3 Å². The molecule has 0 saturated heterocycles. The Morgan fingerprint density at radius 1 is 1.23 bits per heavy atom. The van der Waals surface area contributed by atoms with Crippen molar-refractivity contribution >= 4 is 50.8 Å². The number of thiophene rings is 1. The van der Waals surface area contributed by atoms with Crippen LogP contribution in [0.4, 0.5) is 11.4 Å². The van der Waals surface area contributed by atoms with Gasteiger partial charge in [-0.2, -0.15) is 0 Å². The molecule has 0 atom stereocenters. The monoisotopic (exact) mass is 461 g/mol. The first-order chi connectivity index (χ1) is 14.7. The second kappa shape index (κ2) is 9.36. The predicted octanol–water partition coefficient (Wildman–Crippen LogP) is 4.68. The van der Waals surface area contributed by atoms with E-state index in [1.807, 2.05) is 13.0 Å². The lowest BCUT2D eigenvalue weighted by Gasteiger charge is -2.11. The van der Waals surface area contributed by atoms with E-state index in [0.29, 0.717) is 39.9 Å². The molecular weight excluding hydrogens is 438 g/mol. The molecule has 0 aliphatic heterocycles. The highest BCUT2D eigenvalue weighted by molar-refractivity contribution is 7.94. The molecule has 3 aromatic rings. The smallest absolute Gasteiger partial charge is 0.271 e. The quantitative estimate of drug-likeness (QED) is 0.504. The van der Waals surface area contributed by atoms with E-state index in [9.17, 15) is 13.2 Å². The molecule has 2 heterocycles. The van der Waals surface area contributed by atoms with Gasteiger partial charge in [0.15, 0.2) is 5.76 Å². The Hall–Kier alpha value is -3.11. The molecule has 8 nitrogen and oxygen atoms in total. The standard InChI is InChI=1S/C21H23N3O5S2/c1-5-19(25)22-21-14(3)23-29-18(21)10-7-15-8-11-20(30-15)31(26,27)24-16-12-13(2)6-9-17(16)28-4/h6-12,24H,5H2,1-4H3,(H,22,25)/b10-7+. The van der Waals surface area contributed by atoms with Gasteiger partial charge in [-0.25, -0.2) is 8.42 Å². The number of carbonyl (C=O) groups excluding carboxylic acids is 1. The Balaban J connectivity index is 1.81. The van der Waals surface area contributed by atoms with Crippen LogP contribution in [0.3, 0.4) is 0 Å². The van der Waals surface area contributed by atoms with Crippen molar-refractivity contribution in [1.29, 1.82) is 0 Å². The molecule has 0 bridgehead atoms. The van der Waals surface area contributed by atoms with Crippen LogP contribution in [0.15, 0.2) is 39.1 Å². The number of carbonyl (C=O) groups is 1. The first-order valence-corrected chi connectivity index (χ1v) is 11.7. The van der Waals surface area contributed by atoms with Crippen LogP contribution in [0.1, 0.15) is 35.2 Å². The molecule has 0 spiro atoms. The van der Waals surface area contributed by atoms with E-state index in [0.717, 1.165) is 16.9 Å². The number of benzene rings is 1. The van der Waals surface area contributed by atoms with E-state index >= 15 is 0 Å². The van der Waals surface area contributed by atoms with E-state index in [-0.39, 0.29) is 10.1 Å². The molecule has 3 rings (SSSR count). The lowest BCUT2D eigenvalue weighted by Crippen LogP contribution is -2.12. The van der Waals surface area contributed by atoms with E-state index in [4.69, 9.17) is 9.26 Å². The average molecular weight is 462 g/mol. The third-order valence-electron chi connectivity index (χ3n) is 4.34. The van der Waals surface area contributed by atoms with Crippen LogP contribution in [0, 0.1) is 13.8 Å². The van der Waals surface area contributed by atoms with Crippen molar-refractivity contribution < 1.29 is 22.5 Å². The number of rotatable bonds is 8. The maximum atomic E-state index is 12.8. The molecule has 0 fully saturated rings. The Morgan fingerprint density at radius 2 is 2.00 bits per heavy atom. The summed E-state index contributed by atoms with van der Waals surface area (Å²) in [6.07, 6.45) is 3.68. The average Bonchev–Trinajstić information content (AvgIpc) is 3.34. The zero-order chi connectivity index (χ0) is 22.6. The van der Waals surface area contributed by atoms with Crippen molar-refractivity contribution in [1.82, 2.24) is 5.16 Å². The van der Waals surface area contributed by atoms with Crippen LogP contribution in [0.25, 0.3) is 12.2 Å². The molecule has 10 heteroatoms. The van der Waals surface area contributed by atoms with Gasteiger partial charge in [-0.1, -0.05) is 18.1 Å². The molecule has 2 N–H and O–H groups in total. The van der Waals surface area contributed by atoms with Gasteiger partial charge in [-0.3, -0.25) is 9.52 Å². The SMILES string of the molecule is CCC(=O)Nc1c(C)noc1/C=C/c1ccc(S(=O)(=O)Nc2cc(C)ccc2OC)s1. The summed E-state index contributed by atoms with van der Waals surface area (Å²) in [6.45, 7) is 5.35. The highest BCUT2D eigenvalue weighted by atomic mass is 32.2. The fourth-order valence-electron chi connectivity index (χ4n) is 2.70. The minimum Gasteiger partial charge on any atom is -0.495 e. The van der Waals surface area contributed by atoms with Crippen molar-refractivity contribution in [2.75, 3.05) is 17.1 Å². The number of amides is 1. The van der Waals surface area contributed by atoms with Crippen LogP contribution < -0.4 is 14.8 Å². The third kappa shape index (κ3) is 5.33. The number of hydrogen-bond donors (Lipinski definition) is 2. The fraction of sp³-hybridized carbons (Fsp3) is 0.238. The van der Waals surface area contributed by atoms with E-state index < -0.39 is 10.0 Å². The second-order valence-electron chi connectivity index (χ2n) is 6.71. The summed E-state index contributed by atoms with van der Waals surface area (Å²) >= 11 is 1.10. The lowest BCUT2D eigenvalue weighted by atomic mass is 10.2. The zero-order valence-electron chi connectivity index (χ0n) is 17.6. The van der Waals surface area contributed by atoms with Crippen molar-refractivity contribution in [3.05, 3.63) is 52.2 Å². The Morgan fingerprint density at radius 3 is 2.71 bits per heavy atom. The summed E-state index contributed by atoms with van der Waals surface area (Å²) in [5.74, 6) is 0.677. The number of anilines is 2. The minimum atomic E-state index is -3.79. The van der Waals surface area contributed by atoms with Gasteiger partial charge in [-0.05, 0) is 55.8 Å². The molecule has 31 heavy (non-hydrogen) atoms.